The molecule has 0 amide bonds. The van der Waals surface area contributed by atoms with Gasteiger partial charge in [0, 0.05) is 0 Å². The Balaban J connectivity index is 2.02. The largest absolute Gasteiger partial charge is 0.494 e. The molecule has 0 aliphatic rings. The van der Waals surface area contributed by atoms with E-state index in [4.69, 9.17) is 9.84 Å². The number of carboxylic acids is 1. The summed E-state index contributed by atoms with van der Waals surface area (Å²) in [5.74, 6) is 0.203. The molecule has 0 saturated heterocycles. The molecule has 0 heterocycles. The van der Waals surface area contributed by atoms with Gasteiger partial charge >= 0.3 is 5.97 Å². The monoisotopic (exact) mass is 264 g/mol. The minimum absolute atomic E-state index is 0.597. The van der Waals surface area contributed by atoms with Crippen LogP contribution in [0.5, 0.6) is 5.75 Å². The molecule has 0 aliphatic heterocycles. The van der Waals surface area contributed by atoms with Crippen molar-refractivity contribution in [3.8, 4) is 5.75 Å². The Kier molecular flexibility index (Phi) is 6.40. The zero-order chi connectivity index (χ0) is 14.1. The van der Waals surface area contributed by atoms with E-state index in [1.165, 1.54) is 0 Å². The summed E-state index contributed by atoms with van der Waals surface area (Å²) in [4.78, 5) is 10.9. The normalized spacial score (nSPS) is 11.3. The second-order valence-corrected chi connectivity index (χ2v) is 5.51. The van der Waals surface area contributed by atoms with E-state index in [0.717, 1.165) is 44.5 Å². The molecular formula is C16H24O3. The maximum absolute atomic E-state index is 10.9. The molecule has 3 nitrogen and oxygen atoms in total. The Labute approximate surface area is 115 Å². The van der Waals surface area contributed by atoms with Crippen molar-refractivity contribution in [3.05, 3.63) is 30.3 Å². The quantitative estimate of drug-likeness (QED) is 0.682. The lowest BCUT2D eigenvalue weighted by Crippen LogP contribution is -2.23. The van der Waals surface area contributed by atoms with Crippen LogP contribution < -0.4 is 4.74 Å². The smallest absolute Gasteiger partial charge is 0.309 e. The summed E-state index contributed by atoms with van der Waals surface area (Å²) in [5.41, 5.74) is -0.597. The molecule has 0 atom stereocenters. The van der Waals surface area contributed by atoms with Crippen LogP contribution in [-0.2, 0) is 4.79 Å². The average Bonchev–Trinajstić information content (AvgIpc) is 2.38. The van der Waals surface area contributed by atoms with Crippen LogP contribution in [0.15, 0.2) is 30.3 Å². The topological polar surface area (TPSA) is 46.5 Å². The summed E-state index contributed by atoms with van der Waals surface area (Å²) in [6.45, 7) is 4.30. The first-order valence-corrected chi connectivity index (χ1v) is 6.93. The van der Waals surface area contributed by atoms with Crippen molar-refractivity contribution < 1.29 is 14.6 Å². The number of benzene rings is 1. The van der Waals surface area contributed by atoms with E-state index in [-0.39, 0.29) is 0 Å². The van der Waals surface area contributed by atoms with E-state index in [0.29, 0.717) is 0 Å². The molecule has 0 radical (unpaired) electrons. The molecule has 106 valence electrons. The highest BCUT2D eigenvalue weighted by Gasteiger charge is 2.25. The highest BCUT2D eigenvalue weighted by molar-refractivity contribution is 5.73. The summed E-state index contributed by atoms with van der Waals surface area (Å²) >= 11 is 0. The van der Waals surface area contributed by atoms with Gasteiger partial charge in [0.15, 0.2) is 0 Å². The van der Waals surface area contributed by atoms with Crippen LogP contribution in [0.2, 0.25) is 0 Å². The van der Waals surface area contributed by atoms with Crippen LogP contribution in [-0.4, -0.2) is 17.7 Å². The average molecular weight is 264 g/mol. The number of carbonyl (C=O) groups is 1. The lowest BCUT2D eigenvalue weighted by atomic mass is 9.87. The fraction of sp³-hybridized carbons (Fsp3) is 0.562. The number of aliphatic carboxylic acids is 1. The molecule has 1 rings (SSSR count). The van der Waals surface area contributed by atoms with Crippen LogP contribution in [0.25, 0.3) is 0 Å². The third kappa shape index (κ3) is 6.27. The second kappa shape index (κ2) is 7.82. The van der Waals surface area contributed by atoms with Gasteiger partial charge in [-0.05, 0) is 38.8 Å². The molecule has 0 aromatic heterocycles. The van der Waals surface area contributed by atoms with Crippen molar-refractivity contribution in [2.45, 2.75) is 46.0 Å². The fourth-order valence-electron chi connectivity index (χ4n) is 1.84. The number of carboxylic acid groups (broad SMARTS) is 1. The summed E-state index contributed by atoms with van der Waals surface area (Å²) < 4.78 is 5.60. The number of rotatable bonds is 9. The molecule has 0 saturated carbocycles. The van der Waals surface area contributed by atoms with Gasteiger partial charge < -0.3 is 9.84 Å². The lowest BCUT2D eigenvalue weighted by Gasteiger charge is -2.18. The predicted octanol–water partition coefficient (Wildman–Crippen LogP) is 4.13. The molecule has 0 unspecified atom stereocenters. The van der Waals surface area contributed by atoms with Crippen molar-refractivity contribution in [2.75, 3.05) is 6.61 Å². The minimum atomic E-state index is -0.708. The van der Waals surface area contributed by atoms with Gasteiger partial charge in [-0.25, -0.2) is 0 Å². The predicted molar refractivity (Wildman–Crippen MR) is 76.4 cm³/mol. The highest BCUT2D eigenvalue weighted by atomic mass is 16.5. The van der Waals surface area contributed by atoms with E-state index < -0.39 is 11.4 Å². The first kappa shape index (κ1) is 15.5. The third-order valence-electron chi connectivity index (χ3n) is 3.29. The van der Waals surface area contributed by atoms with E-state index in [1.54, 1.807) is 13.8 Å². The van der Waals surface area contributed by atoms with Gasteiger partial charge in [0.25, 0.3) is 0 Å². The van der Waals surface area contributed by atoms with Crippen LogP contribution in [0, 0.1) is 5.41 Å². The maximum atomic E-state index is 10.9. The molecule has 0 fully saturated rings. The number of para-hydroxylation sites is 1. The molecule has 0 spiro atoms. The van der Waals surface area contributed by atoms with Crippen molar-refractivity contribution >= 4 is 5.97 Å². The molecule has 0 aliphatic carbocycles. The van der Waals surface area contributed by atoms with Gasteiger partial charge in [0.05, 0.1) is 12.0 Å². The second-order valence-electron chi connectivity index (χ2n) is 5.51. The van der Waals surface area contributed by atoms with Crippen LogP contribution >= 0.6 is 0 Å². The van der Waals surface area contributed by atoms with Gasteiger partial charge in [0.2, 0.25) is 0 Å². The van der Waals surface area contributed by atoms with Crippen LogP contribution in [0.3, 0.4) is 0 Å². The van der Waals surface area contributed by atoms with Crippen LogP contribution in [0.4, 0.5) is 0 Å². The van der Waals surface area contributed by atoms with Crippen molar-refractivity contribution in [1.82, 2.24) is 0 Å². The summed E-state index contributed by atoms with van der Waals surface area (Å²) in [6, 6.07) is 9.80. The third-order valence-corrected chi connectivity index (χ3v) is 3.29. The Morgan fingerprint density at radius 2 is 1.74 bits per heavy atom. The van der Waals surface area contributed by atoms with Crippen LogP contribution in [0.1, 0.15) is 46.0 Å². The highest BCUT2D eigenvalue weighted by Crippen LogP contribution is 2.24. The van der Waals surface area contributed by atoms with Gasteiger partial charge in [-0.2, -0.15) is 0 Å². The molecule has 1 aromatic rings. The molecule has 1 N–H and O–H groups in total. The first-order chi connectivity index (χ1) is 9.02. The van der Waals surface area contributed by atoms with E-state index >= 15 is 0 Å². The number of ether oxygens (including phenoxy) is 1. The van der Waals surface area contributed by atoms with Gasteiger partial charge in [-0.1, -0.05) is 37.5 Å². The van der Waals surface area contributed by atoms with Gasteiger partial charge in [0.1, 0.15) is 5.75 Å². The van der Waals surface area contributed by atoms with Crippen molar-refractivity contribution in [2.24, 2.45) is 5.41 Å². The zero-order valence-corrected chi connectivity index (χ0v) is 11.9. The van der Waals surface area contributed by atoms with Crippen molar-refractivity contribution in [3.63, 3.8) is 0 Å². The Morgan fingerprint density at radius 3 is 2.37 bits per heavy atom. The minimum Gasteiger partial charge on any atom is -0.494 e. The lowest BCUT2D eigenvalue weighted by molar-refractivity contribution is -0.147. The Hall–Kier alpha value is -1.51. The molecular weight excluding hydrogens is 240 g/mol. The SMILES string of the molecule is CC(C)(CCCCCCOc1ccccc1)C(=O)O. The van der Waals surface area contributed by atoms with E-state index in [9.17, 15) is 4.79 Å². The standard InChI is InChI=1S/C16H24O3/c1-16(2,15(17)18)12-8-3-4-9-13-19-14-10-6-5-7-11-14/h5-7,10-11H,3-4,8-9,12-13H2,1-2H3,(H,17,18). The van der Waals surface area contributed by atoms with E-state index in [1.807, 2.05) is 30.3 Å². The van der Waals surface area contributed by atoms with E-state index in [2.05, 4.69) is 0 Å². The number of hydrogen-bond acceptors (Lipinski definition) is 2. The maximum Gasteiger partial charge on any atom is 0.309 e. The fourth-order valence-corrected chi connectivity index (χ4v) is 1.84. The number of hydrogen-bond donors (Lipinski definition) is 1. The van der Waals surface area contributed by atoms with Crippen molar-refractivity contribution in [1.29, 1.82) is 0 Å². The molecule has 19 heavy (non-hydrogen) atoms. The van der Waals surface area contributed by atoms with Gasteiger partial charge in [-0.3, -0.25) is 4.79 Å². The van der Waals surface area contributed by atoms with Gasteiger partial charge in [-0.15, -0.1) is 0 Å². The molecule has 1 aromatic carbocycles. The Bertz CT molecular complexity index is 371. The Morgan fingerprint density at radius 1 is 1.11 bits per heavy atom. The molecule has 3 heteroatoms. The summed E-state index contributed by atoms with van der Waals surface area (Å²) in [6.07, 6.45) is 4.87. The first-order valence-electron chi connectivity index (χ1n) is 6.93. The molecule has 0 bridgehead atoms. The number of unbranched alkanes of at least 4 members (excludes halogenated alkanes) is 3. The summed E-state index contributed by atoms with van der Waals surface area (Å²) in [7, 11) is 0. The summed E-state index contributed by atoms with van der Waals surface area (Å²) in [5, 5.41) is 8.99. The zero-order valence-electron chi connectivity index (χ0n) is 11.9.